The van der Waals surface area contributed by atoms with Gasteiger partial charge in [0.05, 0.1) is 10.9 Å². The van der Waals surface area contributed by atoms with E-state index in [0.29, 0.717) is 5.56 Å². The first kappa shape index (κ1) is 13.6. The van der Waals surface area contributed by atoms with Crippen molar-refractivity contribution in [2.45, 2.75) is 24.4 Å². The largest absolute Gasteiger partial charge is 0.326 e. The van der Waals surface area contributed by atoms with Crippen LogP contribution in [0.3, 0.4) is 0 Å². The van der Waals surface area contributed by atoms with Gasteiger partial charge in [-0.1, -0.05) is 23.4 Å². The second-order valence-corrected chi connectivity index (χ2v) is 5.61. The number of tetrazole rings is 1. The summed E-state index contributed by atoms with van der Waals surface area (Å²) < 4.78 is 27.0. The first-order valence-electron chi connectivity index (χ1n) is 5.58. The van der Waals surface area contributed by atoms with E-state index < -0.39 is 16.1 Å². The molecule has 102 valence electrons. The van der Waals surface area contributed by atoms with Crippen LogP contribution in [0.1, 0.15) is 24.4 Å². The molecule has 0 aliphatic carbocycles. The Bertz CT molecular complexity index is 640. The molecular weight excluding hydrogens is 268 g/mol. The van der Waals surface area contributed by atoms with Crippen molar-refractivity contribution in [3.63, 3.8) is 0 Å². The first-order chi connectivity index (χ1) is 9.04. The van der Waals surface area contributed by atoms with Gasteiger partial charge in [-0.25, -0.2) is 13.1 Å². The zero-order valence-electron chi connectivity index (χ0n) is 10.2. The molecule has 0 aliphatic rings. The fourth-order valence-corrected chi connectivity index (χ4v) is 3.09. The van der Waals surface area contributed by atoms with Crippen LogP contribution in [0.25, 0.3) is 0 Å². The van der Waals surface area contributed by atoms with Gasteiger partial charge in [-0.2, -0.15) is 5.21 Å². The van der Waals surface area contributed by atoms with E-state index in [0.717, 1.165) is 0 Å². The number of aromatic amines is 1. The standard InChI is InChI=1S/C10H14N6O2S/c1-7(10-12-15-16-13-10)14-19(17,18)9-5-3-2-4-8(9)6-11/h2-5,7,14H,6,11H2,1H3,(H,12,13,15,16). The van der Waals surface area contributed by atoms with Gasteiger partial charge in [0.1, 0.15) is 0 Å². The zero-order valence-corrected chi connectivity index (χ0v) is 11.1. The summed E-state index contributed by atoms with van der Waals surface area (Å²) in [5.41, 5.74) is 6.09. The lowest BCUT2D eigenvalue weighted by Crippen LogP contribution is -2.28. The van der Waals surface area contributed by atoms with Crippen molar-refractivity contribution in [3.05, 3.63) is 35.7 Å². The molecule has 0 saturated carbocycles. The van der Waals surface area contributed by atoms with Crippen molar-refractivity contribution < 1.29 is 8.42 Å². The number of benzene rings is 1. The van der Waals surface area contributed by atoms with Crippen LogP contribution >= 0.6 is 0 Å². The molecule has 1 heterocycles. The van der Waals surface area contributed by atoms with Gasteiger partial charge in [0, 0.05) is 6.54 Å². The molecule has 19 heavy (non-hydrogen) atoms. The molecule has 0 bridgehead atoms. The van der Waals surface area contributed by atoms with Crippen LogP contribution in [0.5, 0.6) is 0 Å². The maximum absolute atomic E-state index is 12.3. The van der Waals surface area contributed by atoms with E-state index in [1.807, 2.05) is 0 Å². The lowest BCUT2D eigenvalue weighted by molar-refractivity contribution is 0.559. The number of sulfonamides is 1. The summed E-state index contributed by atoms with van der Waals surface area (Å²) in [6.07, 6.45) is 0. The molecule has 1 atom stereocenters. The summed E-state index contributed by atoms with van der Waals surface area (Å²) in [6, 6.07) is 5.98. The molecule has 4 N–H and O–H groups in total. The molecule has 1 aromatic carbocycles. The summed E-state index contributed by atoms with van der Waals surface area (Å²) in [5.74, 6) is 0.272. The Balaban J connectivity index is 2.28. The maximum atomic E-state index is 12.3. The third-order valence-electron chi connectivity index (χ3n) is 2.56. The lowest BCUT2D eigenvalue weighted by atomic mass is 10.2. The van der Waals surface area contributed by atoms with E-state index in [1.165, 1.54) is 6.07 Å². The highest BCUT2D eigenvalue weighted by molar-refractivity contribution is 7.89. The summed E-state index contributed by atoms with van der Waals surface area (Å²) in [6.45, 7) is 1.78. The highest BCUT2D eigenvalue weighted by Crippen LogP contribution is 2.17. The molecule has 0 saturated heterocycles. The van der Waals surface area contributed by atoms with E-state index in [2.05, 4.69) is 25.3 Å². The Morgan fingerprint density at radius 2 is 2.16 bits per heavy atom. The average molecular weight is 282 g/mol. The topological polar surface area (TPSA) is 127 Å². The van der Waals surface area contributed by atoms with Crippen molar-refractivity contribution in [1.29, 1.82) is 0 Å². The molecular formula is C10H14N6O2S. The van der Waals surface area contributed by atoms with E-state index in [9.17, 15) is 8.42 Å². The zero-order chi connectivity index (χ0) is 13.9. The number of rotatable bonds is 5. The number of nitrogens with zero attached hydrogens (tertiary/aromatic N) is 3. The van der Waals surface area contributed by atoms with Gasteiger partial charge < -0.3 is 5.73 Å². The molecule has 8 nitrogen and oxygen atoms in total. The molecule has 1 aromatic heterocycles. The minimum atomic E-state index is -3.68. The quantitative estimate of drug-likeness (QED) is 0.691. The van der Waals surface area contributed by atoms with Crippen LogP contribution in [0, 0.1) is 0 Å². The van der Waals surface area contributed by atoms with E-state index in [4.69, 9.17) is 5.73 Å². The number of nitrogens with two attached hydrogens (primary N) is 1. The van der Waals surface area contributed by atoms with Crippen molar-refractivity contribution in [2.75, 3.05) is 0 Å². The Labute approximate surface area is 110 Å². The van der Waals surface area contributed by atoms with E-state index in [1.54, 1.807) is 25.1 Å². The van der Waals surface area contributed by atoms with Crippen molar-refractivity contribution in [3.8, 4) is 0 Å². The molecule has 0 amide bonds. The third kappa shape index (κ3) is 2.95. The number of hydrogen-bond acceptors (Lipinski definition) is 6. The highest BCUT2D eigenvalue weighted by Gasteiger charge is 2.22. The Kier molecular flexibility index (Phi) is 3.88. The monoisotopic (exact) mass is 282 g/mol. The van der Waals surface area contributed by atoms with Crippen LogP contribution < -0.4 is 10.5 Å². The molecule has 0 spiro atoms. The number of H-pyrrole nitrogens is 1. The number of hydrogen-bond donors (Lipinski definition) is 3. The van der Waals surface area contributed by atoms with E-state index in [-0.39, 0.29) is 17.3 Å². The van der Waals surface area contributed by atoms with Crippen LogP contribution in [0.15, 0.2) is 29.2 Å². The van der Waals surface area contributed by atoms with Gasteiger partial charge in [0.2, 0.25) is 10.0 Å². The fraction of sp³-hybridized carbons (Fsp3) is 0.300. The smallest absolute Gasteiger partial charge is 0.241 e. The normalized spacial score (nSPS) is 13.4. The van der Waals surface area contributed by atoms with Gasteiger partial charge in [-0.3, -0.25) is 0 Å². The predicted molar refractivity (Wildman–Crippen MR) is 67.2 cm³/mol. The minimum Gasteiger partial charge on any atom is -0.326 e. The molecule has 0 aliphatic heterocycles. The van der Waals surface area contributed by atoms with Crippen LogP contribution in [0.4, 0.5) is 0 Å². The summed E-state index contributed by atoms with van der Waals surface area (Å²) >= 11 is 0. The minimum absolute atomic E-state index is 0.147. The molecule has 2 aromatic rings. The molecule has 1 unspecified atom stereocenters. The van der Waals surface area contributed by atoms with Crippen LogP contribution in [-0.2, 0) is 16.6 Å². The summed E-state index contributed by atoms with van der Waals surface area (Å²) in [7, 11) is -3.68. The van der Waals surface area contributed by atoms with Gasteiger partial charge in [0.15, 0.2) is 5.82 Å². The van der Waals surface area contributed by atoms with Gasteiger partial charge in [-0.05, 0) is 18.6 Å². The van der Waals surface area contributed by atoms with Crippen molar-refractivity contribution in [2.24, 2.45) is 5.73 Å². The van der Waals surface area contributed by atoms with Gasteiger partial charge in [-0.15, -0.1) is 10.2 Å². The summed E-state index contributed by atoms with van der Waals surface area (Å²) in [5, 5.41) is 13.1. The highest BCUT2D eigenvalue weighted by atomic mass is 32.2. The molecule has 9 heteroatoms. The van der Waals surface area contributed by atoms with Gasteiger partial charge >= 0.3 is 0 Å². The average Bonchev–Trinajstić information content (AvgIpc) is 2.92. The number of aromatic nitrogens is 4. The lowest BCUT2D eigenvalue weighted by Gasteiger charge is -2.13. The summed E-state index contributed by atoms with van der Waals surface area (Å²) in [4.78, 5) is 0.160. The van der Waals surface area contributed by atoms with Crippen molar-refractivity contribution >= 4 is 10.0 Å². The van der Waals surface area contributed by atoms with Gasteiger partial charge in [0.25, 0.3) is 0 Å². The Morgan fingerprint density at radius 1 is 1.42 bits per heavy atom. The molecule has 0 fully saturated rings. The van der Waals surface area contributed by atoms with E-state index >= 15 is 0 Å². The Morgan fingerprint density at radius 3 is 2.79 bits per heavy atom. The third-order valence-corrected chi connectivity index (χ3v) is 4.20. The Hall–Kier alpha value is -1.84. The van der Waals surface area contributed by atoms with Crippen LogP contribution in [0.2, 0.25) is 0 Å². The van der Waals surface area contributed by atoms with Crippen molar-refractivity contribution in [1.82, 2.24) is 25.3 Å². The molecule has 0 radical (unpaired) electrons. The second kappa shape index (κ2) is 5.43. The maximum Gasteiger partial charge on any atom is 0.241 e. The first-order valence-corrected chi connectivity index (χ1v) is 7.06. The predicted octanol–water partition coefficient (Wildman–Crippen LogP) is -0.302. The van der Waals surface area contributed by atoms with Crippen LogP contribution in [-0.4, -0.2) is 29.0 Å². The SMILES string of the molecule is CC(NS(=O)(=O)c1ccccc1CN)c1nn[nH]n1. The number of nitrogens with one attached hydrogen (secondary N) is 2. The fourth-order valence-electron chi connectivity index (χ4n) is 1.64. The molecule has 2 rings (SSSR count). The second-order valence-electron chi connectivity index (χ2n) is 3.92.